The van der Waals surface area contributed by atoms with E-state index in [2.05, 4.69) is 11.9 Å². The van der Waals surface area contributed by atoms with Crippen LogP contribution in [0.5, 0.6) is 0 Å². The molecule has 0 aliphatic heterocycles. The largest absolute Gasteiger partial charge is 0.397 e. The maximum Gasteiger partial charge on any atom is 0.0632 e. The molecule has 1 rings (SSSR count). The van der Waals surface area contributed by atoms with Crippen molar-refractivity contribution in [1.82, 2.24) is 4.98 Å². The van der Waals surface area contributed by atoms with E-state index in [1.54, 1.807) is 0 Å². The Kier molecular flexibility index (Phi) is 5.12. The van der Waals surface area contributed by atoms with Crippen molar-refractivity contribution in [3.8, 4) is 0 Å². The maximum atomic E-state index is 5.83. The van der Waals surface area contributed by atoms with Crippen molar-refractivity contribution in [2.75, 3.05) is 5.73 Å². The van der Waals surface area contributed by atoms with Crippen LogP contribution < -0.4 is 5.73 Å². The lowest BCUT2D eigenvalue weighted by atomic mass is 10.1. The van der Waals surface area contributed by atoms with Crippen molar-refractivity contribution in [2.24, 2.45) is 0 Å². The first-order chi connectivity index (χ1) is 6.16. The summed E-state index contributed by atoms with van der Waals surface area (Å²) in [5.41, 5.74) is 10.0. The zero-order valence-corrected chi connectivity index (χ0v) is 9.31. The second-order valence-electron chi connectivity index (χ2n) is 2.78. The summed E-state index contributed by atoms with van der Waals surface area (Å²) in [6.45, 7) is 10.1. The smallest absolute Gasteiger partial charge is 0.0632 e. The number of anilines is 1. The van der Waals surface area contributed by atoms with E-state index in [9.17, 15) is 0 Å². The average Bonchev–Trinajstić information content (AvgIpc) is 2.18. The molecule has 2 nitrogen and oxygen atoms in total. The number of hydrogen-bond donors (Lipinski definition) is 1. The first kappa shape index (κ1) is 11.9. The number of nitrogen functional groups attached to an aromatic ring is 1. The van der Waals surface area contributed by atoms with Crippen molar-refractivity contribution in [1.29, 1.82) is 0 Å². The third kappa shape index (κ3) is 2.72. The van der Waals surface area contributed by atoms with Crippen LogP contribution in [-0.4, -0.2) is 4.98 Å². The van der Waals surface area contributed by atoms with E-state index in [-0.39, 0.29) is 0 Å². The van der Waals surface area contributed by atoms with Crippen LogP contribution in [0.15, 0.2) is 6.20 Å². The molecule has 0 fully saturated rings. The molecule has 13 heavy (non-hydrogen) atoms. The van der Waals surface area contributed by atoms with Gasteiger partial charge >= 0.3 is 0 Å². The van der Waals surface area contributed by atoms with Crippen molar-refractivity contribution >= 4 is 5.69 Å². The van der Waals surface area contributed by atoms with Gasteiger partial charge in [-0.05, 0) is 31.4 Å². The Hall–Kier alpha value is -1.05. The molecule has 0 amide bonds. The summed E-state index contributed by atoms with van der Waals surface area (Å²) in [4.78, 5) is 4.23. The van der Waals surface area contributed by atoms with Crippen molar-refractivity contribution < 1.29 is 0 Å². The van der Waals surface area contributed by atoms with E-state index in [1.807, 2.05) is 33.9 Å². The fourth-order valence-corrected chi connectivity index (χ4v) is 1.05. The fraction of sp³-hybridized carbons (Fsp3) is 0.545. The Labute approximate surface area is 81.2 Å². The molecular weight excluding hydrogens is 160 g/mol. The summed E-state index contributed by atoms with van der Waals surface area (Å²) < 4.78 is 0. The van der Waals surface area contributed by atoms with Crippen LogP contribution in [0, 0.1) is 13.8 Å². The quantitative estimate of drug-likeness (QED) is 0.721. The van der Waals surface area contributed by atoms with Crippen LogP contribution in [-0.2, 0) is 6.42 Å². The van der Waals surface area contributed by atoms with Gasteiger partial charge in [-0.25, -0.2) is 0 Å². The number of hydrogen-bond acceptors (Lipinski definition) is 2. The van der Waals surface area contributed by atoms with Crippen LogP contribution in [0.4, 0.5) is 5.69 Å². The summed E-state index contributed by atoms with van der Waals surface area (Å²) in [5.74, 6) is 0. The Morgan fingerprint density at radius 2 is 1.85 bits per heavy atom. The lowest BCUT2D eigenvalue weighted by molar-refractivity contribution is 1.02. The average molecular weight is 180 g/mol. The molecule has 0 saturated carbocycles. The van der Waals surface area contributed by atoms with E-state index in [4.69, 9.17) is 5.73 Å². The van der Waals surface area contributed by atoms with E-state index >= 15 is 0 Å². The van der Waals surface area contributed by atoms with Gasteiger partial charge in [0.2, 0.25) is 0 Å². The molecule has 0 aromatic carbocycles. The highest BCUT2D eigenvalue weighted by atomic mass is 14.7. The molecule has 0 spiro atoms. The minimum absolute atomic E-state index is 0.854. The molecule has 1 aromatic rings. The third-order valence-corrected chi connectivity index (χ3v) is 2.06. The van der Waals surface area contributed by atoms with Gasteiger partial charge in [0.15, 0.2) is 0 Å². The highest BCUT2D eigenvalue weighted by Gasteiger charge is 2.02. The Balaban J connectivity index is 0.000000671. The van der Waals surface area contributed by atoms with Gasteiger partial charge in [0.25, 0.3) is 0 Å². The molecule has 1 heterocycles. The summed E-state index contributed by atoms with van der Waals surface area (Å²) in [7, 11) is 0. The molecule has 0 bridgehead atoms. The molecule has 0 atom stereocenters. The van der Waals surface area contributed by atoms with Gasteiger partial charge in [-0.1, -0.05) is 20.8 Å². The monoisotopic (exact) mass is 180 g/mol. The summed E-state index contributed by atoms with van der Waals surface area (Å²) in [6.07, 6.45) is 2.79. The van der Waals surface area contributed by atoms with Gasteiger partial charge in [-0.2, -0.15) is 0 Å². The maximum absolute atomic E-state index is 5.83. The summed E-state index contributed by atoms with van der Waals surface area (Å²) in [6, 6.07) is 0. The van der Waals surface area contributed by atoms with Gasteiger partial charge in [0.05, 0.1) is 11.4 Å². The number of rotatable bonds is 1. The summed E-state index contributed by atoms with van der Waals surface area (Å²) >= 11 is 0. The SMILES string of the molecule is CC.CCc1ncc(C)c(C)c1N. The number of aromatic nitrogens is 1. The molecule has 0 unspecified atom stereocenters. The minimum Gasteiger partial charge on any atom is -0.397 e. The van der Waals surface area contributed by atoms with Crippen LogP contribution in [0.25, 0.3) is 0 Å². The van der Waals surface area contributed by atoms with Gasteiger partial charge in [0.1, 0.15) is 0 Å². The highest BCUT2D eigenvalue weighted by molar-refractivity contribution is 5.52. The zero-order valence-electron chi connectivity index (χ0n) is 9.31. The zero-order chi connectivity index (χ0) is 10.4. The highest BCUT2D eigenvalue weighted by Crippen LogP contribution is 2.17. The van der Waals surface area contributed by atoms with E-state index in [0.29, 0.717) is 0 Å². The standard InChI is InChI=1S/C9H14N2.C2H6/c1-4-8-9(10)7(3)6(2)5-11-8;1-2/h5H,4,10H2,1-3H3;1-2H3. The predicted molar refractivity (Wildman–Crippen MR) is 58.8 cm³/mol. The lowest BCUT2D eigenvalue weighted by Gasteiger charge is -2.07. The second kappa shape index (κ2) is 5.57. The molecule has 0 saturated heterocycles. The molecule has 0 radical (unpaired) electrons. The normalized spacial score (nSPS) is 9.00. The number of aryl methyl sites for hydroxylation is 2. The Bertz CT molecular complexity index is 267. The predicted octanol–water partition coefficient (Wildman–Crippen LogP) is 2.87. The first-order valence-electron chi connectivity index (χ1n) is 4.87. The van der Waals surface area contributed by atoms with E-state index in [1.165, 1.54) is 5.56 Å². The van der Waals surface area contributed by atoms with Gasteiger partial charge in [-0.15, -0.1) is 0 Å². The van der Waals surface area contributed by atoms with Gasteiger partial charge in [-0.3, -0.25) is 4.98 Å². The van der Waals surface area contributed by atoms with E-state index < -0.39 is 0 Å². The second-order valence-corrected chi connectivity index (χ2v) is 2.78. The third-order valence-electron chi connectivity index (χ3n) is 2.06. The van der Waals surface area contributed by atoms with Crippen LogP contribution in [0.2, 0.25) is 0 Å². The molecule has 2 N–H and O–H groups in total. The number of nitrogens with zero attached hydrogens (tertiary/aromatic N) is 1. The van der Waals surface area contributed by atoms with Gasteiger partial charge < -0.3 is 5.73 Å². The lowest BCUT2D eigenvalue weighted by Crippen LogP contribution is -2.00. The Morgan fingerprint density at radius 1 is 1.31 bits per heavy atom. The van der Waals surface area contributed by atoms with Crippen LogP contribution in [0.3, 0.4) is 0 Å². The summed E-state index contributed by atoms with van der Waals surface area (Å²) in [5, 5.41) is 0. The van der Waals surface area contributed by atoms with Crippen LogP contribution >= 0.6 is 0 Å². The molecule has 0 aliphatic carbocycles. The van der Waals surface area contributed by atoms with Crippen molar-refractivity contribution in [2.45, 2.75) is 41.0 Å². The number of nitrogens with two attached hydrogens (primary N) is 1. The molecular formula is C11H20N2. The number of pyridine rings is 1. The van der Waals surface area contributed by atoms with Crippen molar-refractivity contribution in [3.05, 3.63) is 23.0 Å². The van der Waals surface area contributed by atoms with E-state index in [0.717, 1.165) is 23.4 Å². The van der Waals surface area contributed by atoms with Crippen LogP contribution in [0.1, 0.15) is 37.6 Å². The molecule has 74 valence electrons. The minimum atomic E-state index is 0.854. The first-order valence-corrected chi connectivity index (χ1v) is 4.87. The molecule has 1 aromatic heterocycles. The van der Waals surface area contributed by atoms with Gasteiger partial charge in [0, 0.05) is 6.20 Å². The molecule has 0 aliphatic rings. The Morgan fingerprint density at radius 3 is 2.31 bits per heavy atom. The topological polar surface area (TPSA) is 38.9 Å². The fourth-order valence-electron chi connectivity index (χ4n) is 1.05. The molecule has 2 heteroatoms. The van der Waals surface area contributed by atoms with Crippen molar-refractivity contribution in [3.63, 3.8) is 0 Å².